The van der Waals surface area contributed by atoms with Gasteiger partial charge in [0.1, 0.15) is 12.4 Å². The molecule has 3 aromatic rings. The SMILES string of the molecule is C=CCc1cc(/C=C(/C#N)c2cccc(F)c2)cc(OCC)c1OCc1ccccc1Cl. The highest BCUT2D eigenvalue weighted by Gasteiger charge is 2.14. The molecule has 0 atom stereocenters. The minimum Gasteiger partial charge on any atom is -0.490 e. The number of benzene rings is 3. The van der Waals surface area contributed by atoms with Gasteiger partial charge in [-0.2, -0.15) is 5.26 Å². The van der Waals surface area contributed by atoms with Gasteiger partial charge in [-0.3, -0.25) is 0 Å². The number of nitrogens with zero attached hydrogens (tertiary/aromatic N) is 1. The van der Waals surface area contributed by atoms with Gasteiger partial charge in [0.25, 0.3) is 0 Å². The molecule has 0 aliphatic rings. The van der Waals surface area contributed by atoms with E-state index >= 15 is 0 Å². The van der Waals surface area contributed by atoms with Gasteiger partial charge in [-0.05, 0) is 60.9 Å². The minimum absolute atomic E-state index is 0.284. The molecule has 0 saturated carbocycles. The third-order valence-corrected chi connectivity index (χ3v) is 5.08. The van der Waals surface area contributed by atoms with E-state index in [2.05, 4.69) is 12.6 Å². The van der Waals surface area contributed by atoms with E-state index in [9.17, 15) is 9.65 Å². The first kappa shape index (κ1) is 23.1. The Hall–Kier alpha value is -3.55. The number of ether oxygens (including phenoxy) is 2. The number of allylic oxidation sites excluding steroid dienone is 2. The molecule has 0 bridgehead atoms. The highest BCUT2D eigenvalue weighted by molar-refractivity contribution is 6.31. The van der Waals surface area contributed by atoms with Crippen molar-refractivity contribution in [2.45, 2.75) is 20.0 Å². The summed E-state index contributed by atoms with van der Waals surface area (Å²) in [6.45, 7) is 6.46. The van der Waals surface area contributed by atoms with Crippen LogP contribution < -0.4 is 9.47 Å². The van der Waals surface area contributed by atoms with Gasteiger partial charge in [0.15, 0.2) is 11.5 Å². The number of rotatable bonds is 9. The fraction of sp³-hybridized carbons (Fsp3) is 0.148. The Morgan fingerprint density at radius 1 is 1.09 bits per heavy atom. The Labute approximate surface area is 193 Å². The molecule has 162 valence electrons. The molecular formula is C27H23ClFNO2. The van der Waals surface area contributed by atoms with Crippen molar-refractivity contribution in [2.75, 3.05) is 6.61 Å². The van der Waals surface area contributed by atoms with Crippen molar-refractivity contribution in [3.05, 3.63) is 106 Å². The summed E-state index contributed by atoms with van der Waals surface area (Å²) in [5.74, 6) is 0.768. The Bertz CT molecular complexity index is 1180. The van der Waals surface area contributed by atoms with Crippen LogP contribution in [0.15, 0.2) is 73.3 Å². The number of hydrogen-bond donors (Lipinski definition) is 0. The molecule has 0 saturated heterocycles. The van der Waals surface area contributed by atoms with Crippen LogP contribution in [0.25, 0.3) is 11.6 Å². The molecule has 0 aliphatic carbocycles. The second-order valence-corrected chi connectivity index (χ2v) is 7.40. The number of hydrogen-bond acceptors (Lipinski definition) is 3. The van der Waals surface area contributed by atoms with Crippen LogP contribution in [0.4, 0.5) is 4.39 Å². The molecule has 3 nitrogen and oxygen atoms in total. The molecule has 0 fully saturated rings. The normalized spacial score (nSPS) is 11.0. The van der Waals surface area contributed by atoms with Crippen molar-refractivity contribution in [3.63, 3.8) is 0 Å². The van der Waals surface area contributed by atoms with Crippen molar-refractivity contribution in [1.29, 1.82) is 5.26 Å². The Morgan fingerprint density at radius 3 is 2.59 bits per heavy atom. The first-order valence-corrected chi connectivity index (χ1v) is 10.6. The highest BCUT2D eigenvalue weighted by Crippen LogP contribution is 2.36. The third-order valence-electron chi connectivity index (χ3n) is 4.72. The first-order chi connectivity index (χ1) is 15.5. The summed E-state index contributed by atoms with van der Waals surface area (Å²) in [4.78, 5) is 0. The van der Waals surface area contributed by atoms with Gasteiger partial charge in [-0.15, -0.1) is 6.58 Å². The predicted molar refractivity (Wildman–Crippen MR) is 127 cm³/mol. The van der Waals surface area contributed by atoms with Crippen LogP contribution >= 0.6 is 11.6 Å². The maximum Gasteiger partial charge on any atom is 0.165 e. The summed E-state index contributed by atoms with van der Waals surface area (Å²) < 4.78 is 25.6. The minimum atomic E-state index is -0.394. The molecule has 3 rings (SSSR count). The average Bonchev–Trinajstić information content (AvgIpc) is 2.78. The van der Waals surface area contributed by atoms with Crippen LogP contribution in [0.2, 0.25) is 5.02 Å². The maximum atomic E-state index is 13.6. The van der Waals surface area contributed by atoms with Crippen molar-refractivity contribution in [2.24, 2.45) is 0 Å². The van der Waals surface area contributed by atoms with Crippen molar-refractivity contribution in [1.82, 2.24) is 0 Å². The zero-order valence-corrected chi connectivity index (χ0v) is 18.5. The quantitative estimate of drug-likeness (QED) is 0.197. The van der Waals surface area contributed by atoms with Crippen LogP contribution in [0.3, 0.4) is 0 Å². The molecule has 3 aromatic carbocycles. The summed E-state index contributed by atoms with van der Waals surface area (Å²) in [6, 6.07) is 19.3. The highest BCUT2D eigenvalue weighted by atomic mass is 35.5. The van der Waals surface area contributed by atoms with Gasteiger partial charge in [0.05, 0.1) is 18.2 Å². The van der Waals surface area contributed by atoms with Crippen molar-refractivity contribution < 1.29 is 13.9 Å². The van der Waals surface area contributed by atoms with E-state index < -0.39 is 5.82 Å². The monoisotopic (exact) mass is 447 g/mol. The zero-order chi connectivity index (χ0) is 22.9. The van der Waals surface area contributed by atoms with Crippen molar-refractivity contribution >= 4 is 23.3 Å². The standard InChI is InChI=1S/C27H23ClFNO2/c1-3-8-21-13-19(14-23(17-30)20-10-7-11-24(29)16-20)15-26(31-4-2)27(21)32-18-22-9-5-6-12-25(22)28/h3,5-7,9-16H,1,4,8,18H2,2H3/b23-14-. The molecule has 0 heterocycles. The second kappa shape index (κ2) is 11.2. The van der Waals surface area contributed by atoms with E-state index in [1.807, 2.05) is 43.3 Å². The molecule has 0 N–H and O–H groups in total. The summed E-state index contributed by atoms with van der Waals surface area (Å²) in [7, 11) is 0. The van der Waals surface area contributed by atoms with Crippen LogP contribution in [0.1, 0.15) is 29.2 Å². The predicted octanol–water partition coefficient (Wildman–Crippen LogP) is 7.25. The Kier molecular flexibility index (Phi) is 8.08. The van der Waals surface area contributed by atoms with Crippen LogP contribution in [0, 0.1) is 17.1 Å². The summed E-state index contributed by atoms with van der Waals surface area (Å²) >= 11 is 6.27. The fourth-order valence-corrected chi connectivity index (χ4v) is 3.46. The van der Waals surface area contributed by atoms with Crippen LogP contribution in [0.5, 0.6) is 11.5 Å². The maximum absolute atomic E-state index is 13.6. The third kappa shape index (κ3) is 5.78. The van der Waals surface area contributed by atoms with Gasteiger partial charge >= 0.3 is 0 Å². The van der Waals surface area contributed by atoms with Gasteiger partial charge in [-0.25, -0.2) is 4.39 Å². The van der Waals surface area contributed by atoms with E-state index in [0.717, 1.165) is 16.7 Å². The largest absolute Gasteiger partial charge is 0.490 e. The second-order valence-electron chi connectivity index (χ2n) is 6.99. The van der Waals surface area contributed by atoms with E-state index in [4.69, 9.17) is 21.1 Å². The lowest BCUT2D eigenvalue weighted by atomic mass is 10.0. The lowest BCUT2D eigenvalue weighted by molar-refractivity contribution is 0.267. The van der Waals surface area contributed by atoms with Gasteiger partial charge < -0.3 is 9.47 Å². The molecule has 5 heteroatoms. The first-order valence-electron chi connectivity index (χ1n) is 10.2. The lowest BCUT2D eigenvalue weighted by Crippen LogP contribution is -2.03. The molecule has 32 heavy (non-hydrogen) atoms. The van der Waals surface area contributed by atoms with Gasteiger partial charge in [0.2, 0.25) is 0 Å². The Balaban J connectivity index is 2.02. The van der Waals surface area contributed by atoms with E-state index in [-0.39, 0.29) is 6.61 Å². The molecular weight excluding hydrogens is 425 g/mol. The molecule has 0 amide bonds. The van der Waals surface area contributed by atoms with E-state index in [0.29, 0.717) is 40.7 Å². The average molecular weight is 448 g/mol. The van der Waals surface area contributed by atoms with E-state index in [1.165, 1.54) is 12.1 Å². The summed E-state index contributed by atoms with van der Waals surface area (Å²) in [6.07, 6.45) is 4.03. The molecule has 0 spiro atoms. The molecule has 0 aliphatic heterocycles. The fourth-order valence-electron chi connectivity index (χ4n) is 3.27. The van der Waals surface area contributed by atoms with E-state index in [1.54, 1.807) is 24.3 Å². The summed E-state index contributed by atoms with van der Waals surface area (Å²) in [5.41, 5.74) is 3.33. The summed E-state index contributed by atoms with van der Waals surface area (Å²) in [5, 5.41) is 10.3. The zero-order valence-electron chi connectivity index (χ0n) is 17.8. The Morgan fingerprint density at radius 2 is 1.91 bits per heavy atom. The smallest absolute Gasteiger partial charge is 0.165 e. The van der Waals surface area contributed by atoms with Gasteiger partial charge in [0, 0.05) is 16.1 Å². The number of halogens is 2. The van der Waals surface area contributed by atoms with Crippen LogP contribution in [-0.4, -0.2) is 6.61 Å². The molecule has 0 unspecified atom stereocenters. The van der Waals surface area contributed by atoms with Crippen molar-refractivity contribution in [3.8, 4) is 17.6 Å². The topological polar surface area (TPSA) is 42.2 Å². The lowest BCUT2D eigenvalue weighted by Gasteiger charge is -2.17. The molecule has 0 aromatic heterocycles. The molecule has 0 radical (unpaired) electrons. The number of nitriles is 1. The van der Waals surface area contributed by atoms with Crippen LogP contribution in [-0.2, 0) is 13.0 Å². The van der Waals surface area contributed by atoms with Gasteiger partial charge in [-0.1, -0.05) is 48.0 Å².